The van der Waals surface area contributed by atoms with E-state index < -0.39 is 0 Å². The van der Waals surface area contributed by atoms with Gasteiger partial charge < -0.3 is 4.90 Å². The van der Waals surface area contributed by atoms with Crippen LogP contribution in [0.2, 0.25) is 0 Å². The van der Waals surface area contributed by atoms with Gasteiger partial charge in [-0.15, -0.1) is 0 Å². The molecular weight excluding hydrogens is 384 g/mol. The normalized spacial score (nSPS) is 15.7. The number of rotatable bonds is 3. The van der Waals surface area contributed by atoms with E-state index in [1.54, 1.807) is 12.1 Å². The van der Waals surface area contributed by atoms with Gasteiger partial charge in [-0.2, -0.15) is 5.26 Å². The molecule has 5 heteroatoms. The van der Waals surface area contributed by atoms with Gasteiger partial charge in [0.05, 0.1) is 36.4 Å². The van der Waals surface area contributed by atoms with Crippen LogP contribution >= 0.6 is 0 Å². The maximum Gasteiger partial charge on any atom is 0.227 e. The Balaban J connectivity index is 1.46. The zero-order chi connectivity index (χ0) is 21.5. The summed E-state index contributed by atoms with van der Waals surface area (Å²) < 4.78 is 0. The third-order valence-corrected chi connectivity index (χ3v) is 6.25. The van der Waals surface area contributed by atoms with Gasteiger partial charge in [-0.1, -0.05) is 18.2 Å². The summed E-state index contributed by atoms with van der Waals surface area (Å²) in [4.78, 5) is 24.0. The molecule has 3 heterocycles. The number of benzene rings is 2. The molecule has 3 aromatic rings. The van der Waals surface area contributed by atoms with Crippen molar-refractivity contribution in [3.8, 4) is 6.07 Å². The minimum Gasteiger partial charge on any atom is -0.331 e. The average molecular weight is 406 g/mol. The number of hydrogen-bond donors (Lipinski definition) is 0. The Hall–Kier alpha value is -3.78. The number of aromatic nitrogens is 1. The number of aliphatic imine (C=N–C) groups is 1. The Bertz CT molecular complexity index is 1270. The van der Waals surface area contributed by atoms with Gasteiger partial charge in [-0.3, -0.25) is 14.8 Å². The predicted molar refractivity (Wildman–Crippen MR) is 119 cm³/mol. The summed E-state index contributed by atoms with van der Waals surface area (Å²) in [5, 5.41) is 9.04. The van der Waals surface area contributed by atoms with E-state index in [1.165, 1.54) is 11.1 Å². The molecule has 2 aliphatic heterocycles. The van der Waals surface area contributed by atoms with Crippen LogP contribution in [0.15, 0.2) is 59.7 Å². The van der Waals surface area contributed by atoms with Gasteiger partial charge >= 0.3 is 0 Å². The highest BCUT2D eigenvalue weighted by atomic mass is 16.2. The van der Waals surface area contributed by atoms with E-state index in [0.29, 0.717) is 25.1 Å². The monoisotopic (exact) mass is 406 g/mol. The van der Waals surface area contributed by atoms with Crippen LogP contribution in [0.25, 0.3) is 0 Å². The van der Waals surface area contributed by atoms with Gasteiger partial charge in [0, 0.05) is 29.6 Å². The van der Waals surface area contributed by atoms with Crippen LogP contribution in [0.1, 0.15) is 57.6 Å². The van der Waals surface area contributed by atoms with E-state index in [4.69, 9.17) is 10.3 Å². The van der Waals surface area contributed by atoms with E-state index in [2.05, 4.69) is 29.3 Å². The van der Waals surface area contributed by atoms with E-state index in [9.17, 15) is 4.79 Å². The molecular formula is C26H22N4O. The second kappa shape index (κ2) is 7.48. The Morgan fingerprint density at radius 1 is 1.06 bits per heavy atom. The SMILES string of the molecule is Cc1cc(C2=NCc3cc4c(cc32)CN([C@H](C)c2ccc(C#N)cc2)C(=O)C4)ccn1. The number of carbonyl (C=O) groups is 1. The molecule has 0 saturated carbocycles. The minimum absolute atomic E-state index is 0.0577. The predicted octanol–water partition coefficient (Wildman–Crippen LogP) is 4.26. The van der Waals surface area contributed by atoms with Crippen molar-refractivity contribution in [2.24, 2.45) is 4.99 Å². The molecule has 0 unspecified atom stereocenters. The maximum absolute atomic E-state index is 13.0. The summed E-state index contributed by atoms with van der Waals surface area (Å²) in [6, 6.07) is 18.0. The molecule has 0 aliphatic carbocycles. The van der Waals surface area contributed by atoms with Crippen LogP contribution in [0, 0.1) is 18.3 Å². The highest BCUT2D eigenvalue weighted by Gasteiger charge is 2.30. The number of amides is 1. The number of carbonyl (C=O) groups excluding carboxylic acids is 1. The average Bonchev–Trinajstić information content (AvgIpc) is 3.19. The van der Waals surface area contributed by atoms with E-state index >= 15 is 0 Å². The first-order valence-electron chi connectivity index (χ1n) is 10.5. The molecule has 1 aromatic heterocycles. The molecule has 31 heavy (non-hydrogen) atoms. The molecule has 0 bridgehead atoms. The van der Waals surface area contributed by atoms with Gasteiger partial charge in [0.2, 0.25) is 5.91 Å². The van der Waals surface area contributed by atoms with Gasteiger partial charge in [-0.25, -0.2) is 0 Å². The lowest BCUT2D eigenvalue weighted by molar-refractivity contribution is -0.134. The lowest BCUT2D eigenvalue weighted by Gasteiger charge is -2.34. The van der Waals surface area contributed by atoms with Gasteiger partial charge in [-0.05, 0) is 66.4 Å². The third-order valence-electron chi connectivity index (χ3n) is 6.25. The number of aryl methyl sites for hydroxylation is 1. The van der Waals surface area contributed by atoms with Crippen LogP contribution < -0.4 is 0 Å². The first kappa shape index (κ1) is 19.2. The standard InChI is InChI=1S/C26H22N4O/c1-16-9-20(7-8-28-16)26-24-11-23-15-30(17(2)19-5-3-18(13-27)4-6-19)25(31)12-21(23)10-22(24)14-29-26/h3-11,17H,12,14-15H2,1-2H3/t17-/m1/s1. The number of nitriles is 1. The van der Waals surface area contributed by atoms with Gasteiger partial charge in [0.15, 0.2) is 0 Å². The summed E-state index contributed by atoms with van der Waals surface area (Å²) >= 11 is 0. The first-order valence-corrected chi connectivity index (χ1v) is 10.5. The van der Waals surface area contributed by atoms with Crippen molar-refractivity contribution in [3.05, 3.63) is 99.4 Å². The van der Waals surface area contributed by atoms with Crippen molar-refractivity contribution in [1.82, 2.24) is 9.88 Å². The molecule has 0 N–H and O–H groups in total. The summed E-state index contributed by atoms with van der Waals surface area (Å²) in [7, 11) is 0. The smallest absolute Gasteiger partial charge is 0.227 e. The fourth-order valence-electron chi connectivity index (χ4n) is 4.50. The summed E-state index contributed by atoms with van der Waals surface area (Å²) in [6.07, 6.45) is 2.23. The molecule has 5 rings (SSSR count). The molecule has 5 nitrogen and oxygen atoms in total. The summed E-state index contributed by atoms with van der Waals surface area (Å²) in [6.45, 7) is 5.26. The van der Waals surface area contributed by atoms with Gasteiger partial charge in [0.25, 0.3) is 0 Å². The first-order chi connectivity index (χ1) is 15.0. The molecule has 1 atom stereocenters. The Labute approximate surface area is 181 Å². The zero-order valence-corrected chi connectivity index (χ0v) is 17.6. The molecule has 0 radical (unpaired) electrons. The lowest BCUT2D eigenvalue weighted by Crippen LogP contribution is -2.38. The van der Waals surface area contributed by atoms with Crippen molar-refractivity contribution >= 4 is 11.6 Å². The highest BCUT2D eigenvalue weighted by molar-refractivity contribution is 6.15. The van der Waals surface area contributed by atoms with Crippen LogP contribution in [0.5, 0.6) is 0 Å². The Morgan fingerprint density at radius 2 is 1.87 bits per heavy atom. The fourth-order valence-corrected chi connectivity index (χ4v) is 4.50. The molecule has 1 amide bonds. The lowest BCUT2D eigenvalue weighted by atomic mass is 9.90. The molecule has 2 aliphatic rings. The summed E-state index contributed by atoms with van der Waals surface area (Å²) in [5.74, 6) is 0.133. The number of fused-ring (bicyclic) bond motifs is 2. The topological polar surface area (TPSA) is 69.3 Å². The molecule has 0 fully saturated rings. The van der Waals surface area contributed by atoms with E-state index in [-0.39, 0.29) is 11.9 Å². The number of hydrogen-bond acceptors (Lipinski definition) is 4. The molecule has 0 saturated heterocycles. The van der Waals surface area contributed by atoms with Crippen LogP contribution in [-0.2, 0) is 24.3 Å². The van der Waals surface area contributed by atoms with Crippen molar-refractivity contribution in [2.45, 2.75) is 39.4 Å². The van der Waals surface area contributed by atoms with Crippen molar-refractivity contribution < 1.29 is 4.79 Å². The maximum atomic E-state index is 13.0. The Kier molecular flexibility index (Phi) is 4.63. The quantitative estimate of drug-likeness (QED) is 0.653. The minimum atomic E-state index is -0.0577. The second-order valence-corrected chi connectivity index (χ2v) is 8.24. The van der Waals surface area contributed by atoms with Crippen LogP contribution in [0.4, 0.5) is 0 Å². The summed E-state index contributed by atoms with van der Waals surface area (Å²) in [5.41, 5.74) is 9.35. The number of nitrogens with zero attached hydrogens (tertiary/aromatic N) is 4. The van der Waals surface area contributed by atoms with Crippen molar-refractivity contribution in [1.29, 1.82) is 5.26 Å². The molecule has 152 valence electrons. The largest absolute Gasteiger partial charge is 0.331 e. The van der Waals surface area contributed by atoms with Crippen molar-refractivity contribution in [2.75, 3.05) is 0 Å². The van der Waals surface area contributed by atoms with Crippen LogP contribution in [0.3, 0.4) is 0 Å². The van der Waals surface area contributed by atoms with E-state index in [1.807, 2.05) is 43.1 Å². The van der Waals surface area contributed by atoms with Crippen LogP contribution in [-0.4, -0.2) is 21.5 Å². The zero-order valence-electron chi connectivity index (χ0n) is 17.6. The van der Waals surface area contributed by atoms with E-state index in [0.717, 1.165) is 33.7 Å². The number of pyridine rings is 1. The molecule has 2 aromatic carbocycles. The molecule has 0 spiro atoms. The fraction of sp³-hybridized carbons (Fsp3) is 0.231. The second-order valence-electron chi connectivity index (χ2n) is 8.24. The van der Waals surface area contributed by atoms with Gasteiger partial charge in [0.1, 0.15) is 0 Å². The third kappa shape index (κ3) is 3.40. The van der Waals surface area contributed by atoms with Crippen molar-refractivity contribution in [3.63, 3.8) is 0 Å². The Morgan fingerprint density at radius 3 is 2.61 bits per heavy atom. The highest BCUT2D eigenvalue weighted by Crippen LogP contribution is 2.33.